The molecule has 0 atom stereocenters. The lowest BCUT2D eigenvalue weighted by Crippen LogP contribution is -2.30. The standard InChI is InChI=1S/C21H37N3/c1-4-7-15-24-16-8-10-20-17-19(11-12-21(20)24)18-22-13-9-14-23(5-2)6-3/h11-12,17,22H,4-10,13-16,18H2,1-3H3. The van der Waals surface area contributed by atoms with Crippen molar-refractivity contribution in [2.75, 3.05) is 44.2 Å². The molecule has 0 saturated carbocycles. The number of fused-ring (bicyclic) bond motifs is 1. The van der Waals surface area contributed by atoms with Crippen LogP contribution in [0.3, 0.4) is 0 Å². The summed E-state index contributed by atoms with van der Waals surface area (Å²) in [6, 6.07) is 7.11. The van der Waals surface area contributed by atoms with E-state index in [1.54, 1.807) is 5.56 Å². The van der Waals surface area contributed by atoms with E-state index in [9.17, 15) is 0 Å². The maximum absolute atomic E-state index is 3.62. The van der Waals surface area contributed by atoms with Gasteiger partial charge in [0.2, 0.25) is 0 Å². The summed E-state index contributed by atoms with van der Waals surface area (Å²) in [6.07, 6.45) is 6.36. The number of nitrogens with zero attached hydrogens (tertiary/aromatic N) is 2. The van der Waals surface area contributed by atoms with Crippen molar-refractivity contribution in [1.82, 2.24) is 10.2 Å². The molecule has 24 heavy (non-hydrogen) atoms. The van der Waals surface area contributed by atoms with Crippen molar-refractivity contribution in [3.8, 4) is 0 Å². The third-order valence-electron chi connectivity index (χ3n) is 5.19. The van der Waals surface area contributed by atoms with Crippen LogP contribution < -0.4 is 10.2 Å². The maximum Gasteiger partial charge on any atom is 0.0398 e. The Morgan fingerprint density at radius 2 is 1.96 bits per heavy atom. The number of hydrogen-bond donors (Lipinski definition) is 1. The Kier molecular flexibility index (Phi) is 8.62. The van der Waals surface area contributed by atoms with E-state index in [4.69, 9.17) is 0 Å². The molecule has 0 fully saturated rings. The number of anilines is 1. The molecule has 0 saturated heterocycles. The first-order chi connectivity index (χ1) is 11.8. The predicted octanol–water partition coefficient (Wildman–Crippen LogP) is 4.06. The van der Waals surface area contributed by atoms with Crippen LogP contribution in [0.15, 0.2) is 18.2 Å². The molecule has 136 valence electrons. The van der Waals surface area contributed by atoms with E-state index in [-0.39, 0.29) is 0 Å². The second-order valence-corrected chi connectivity index (χ2v) is 6.96. The van der Waals surface area contributed by atoms with Gasteiger partial charge in [-0.1, -0.05) is 39.3 Å². The second kappa shape index (κ2) is 10.7. The normalized spacial score (nSPS) is 14.2. The molecule has 0 spiro atoms. The second-order valence-electron chi connectivity index (χ2n) is 6.96. The molecule has 1 aromatic rings. The number of hydrogen-bond acceptors (Lipinski definition) is 3. The fourth-order valence-corrected chi connectivity index (χ4v) is 3.62. The molecule has 3 heteroatoms. The summed E-state index contributed by atoms with van der Waals surface area (Å²) in [5.74, 6) is 0. The van der Waals surface area contributed by atoms with Crippen molar-refractivity contribution in [1.29, 1.82) is 0 Å². The van der Waals surface area contributed by atoms with E-state index in [1.165, 1.54) is 63.0 Å². The lowest BCUT2D eigenvalue weighted by molar-refractivity contribution is 0.298. The number of aryl methyl sites for hydroxylation is 1. The largest absolute Gasteiger partial charge is 0.371 e. The zero-order chi connectivity index (χ0) is 17.2. The quantitative estimate of drug-likeness (QED) is 0.617. The molecule has 2 rings (SSSR count). The monoisotopic (exact) mass is 331 g/mol. The Hall–Kier alpha value is -1.06. The van der Waals surface area contributed by atoms with E-state index in [0.717, 1.165) is 26.2 Å². The summed E-state index contributed by atoms with van der Waals surface area (Å²) < 4.78 is 0. The smallest absolute Gasteiger partial charge is 0.0398 e. The van der Waals surface area contributed by atoms with Crippen molar-refractivity contribution in [3.05, 3.63) is 29.3 Å². The summed E-state index contributed by atoms with van der Waals surface area (Å²) in [4.78, 5) is 5.08. The van der Waals surface area contributed by atoms with E-state index >= 15 is 0 Å². The van der Waals surface area contributed by atoms with Crippen LogP contribution in [0.25, 0.3) is 0 Å². The highest BCUT2D eigenvalue weighted by Gasteiger charge is 2.16. The highest BCUT2D eigenvalue weighted by atomic mass is 15.1. The topological polar surface area (TPSA) is 18.5 Å². The van der Waals surface area contributed by atoms with Gasteiger partial charge in [-0.05, 0) is 69.1 Å². The van der Waals surface area contributed by atoms with E-state index in [1.807, 2.05) is 0 Å². The minimum absolute atomic E-state index is 1.00. The van der Waals surface area contributed by atoms with Gasteiger partial charge in [0, 0.05) is 25.3 Å². The van der Waals surface area contributed by atoms with Crippen molar-refractivity contribution in [3.63, 3.8) is 0 Å². The molecule has 3 nitrogen and oxygen atoms in total. The maximum atomic E-state index is 3.62. The van der Waals surface area contributed by atoms with Gasteiger partial charge in [-0.3, -0.25) is 0 Å². The molecule has 1 aromatic carbocycles. The summed E-state index contributed by atoms with van der Waals surface area (Å²) >= 11 is 0. The first-order valence-electron chi connectivity index (χ1n) is 10.1. The van der Waals surface area contributed by atoms with E-state index < -0.39 is 0 Å². The van der Waals surface area contributed by atoms with Crippen LogP contribution in [0, 0.1) is 0 Å². The Labute approximate surface area is 149 Å². The molecule has 1 aliphatic heterocycles. The summed E-state index contributed by atoms with van der Waals surface area (Å²) in [5.41, 5.74) is 4.48. The van der Waals surface area contributed by atoms with Crippen LogP contribution in [0.2, 0.25) is 0 Å². The Balaban J connectivity index is 1.79. The number of rotatable bonds is 11. The zero-order valence-corrected chi connectivity index (χ0v) is 16.1. The third-order valence-corrected chi connectivity index (χ3v) is 5.19. The van der Waals surface area contributed by atoms with Crippen LogP contribution in [0.5, 0.6) is 0 Å². The average molecular weight is 332 g/mol. The molecule has 0 amide bonds. The predicted molar refractivity (Wildman–Crippen MR) is 106 cm³/mol. The first kappa shape index (κ1) is 19.3. The minimum Gasteiger partial charge on any atom is -0.371 e. The van der Waals surface area contributed by atoms with Gasteiger partial charge in [0.1, 0.15) is 0 Å². The van der Waals surface area contributed by atoms with Crippen LogP contribution in [0.4, 0.5) is 5.69 Å². The zero-order valence-electron chi connectivity index (χ0n) is 16.1. The van der Waals surface area contributed by atoms with Crippen molar-refractivity contribution in [2.45, 2.75) is 59.4 Å². The summed E-state index contributed by atoms with van der Waals surface area (Å²) in [7, 11) is 0. The van der Waals surface area contributed by atoms with Gasteiger partial charge in [-0.25, -0.2) is 0 Å². The van der Waals surface area contributed by atoms with Crippen LogP contribution >= 0.6 is 0 Å². The number of nitrogens with one attached hydrogen (secondary N) is 1. The SMILES string of the molecule is CCCCN1CCCc2cc(CNCCCN(CC)CC)ccc21. The fourth-order valence-electron chi connectivity index (χ4n) is 3.62. The molecule has 0 radical (unpaired) electrons. The van der Waals surface area contributed by atoms with Gasteiger partial charge < -0.3 is 15.1 Å². The number of benzene rings is 1. The molecule has 1 N–H and O–H groups in total. The molecule has 1 heterocycles. The molecular weight excluding hydrogens is 294 g/mol. The molecule has 0 aliphatic carbocycles. The summed E-state index contributed by atoms with van der Waals surface area (Å²) in [5, 5.41) is 3.62. The molecule has 1 aliphatic rings. The molecule has 0 bridgehead atoms. The molecule has 0 unspecified atom stereocenters. The first-order valence-corrected chi connectivity index (χ1v) is 10.1. The van der Waals surface area contributed by atoms with Gasteiger partial charge in [-0.2, -0.15) is 0 Å². The van der Waals surface area contributed by atoms with Crippen LogP contribution in [-0.4, -0.2) is 44.2 Å². The third kappa shape index (κ3) is 5.78. The minimum atomic E-state index is 1.00. The average Bonchev–Trinajstić information content (AvgIpc) is 2.62. The van der Waals surface area contributed by atoms with Gasteiger partial charge in [-0.15, -0.1) is 0 Å². The number of unbranched alkanes of at least 4 members (excludes halogenated alkanes) is 1. The van der Waals surface area contributed by atoms with Crippen LogP contribution in [0.1, 0.15) is 57.6 Å². The van der Waals surface area contributed by atoms with Crippen molar-refractivity contribution < 1.29 is 0 Å². The van der Waals surface area contributed by atoms with Crippen LogP contribution in [-0.2, 0) is 13.0 Å². The van der Waals surface area contributed by atoms with Gasteiger partial charge in [0.05, 0.1) is 0 Å². The summed E-state index contributed by atoms with van der Waals surface area (Å²) in [6.45, 7) is 14.9. The molecular formula is C21H37N3. The molecule has 0 aromatic heterocycles. The van der Waals surface area contributed by atoms with Crippen molar-refractivity contribution >= 4 is 5.69 Å². The lowest BCUT2D eigenvalue weighted by atomic mass is 9.99. The van der Waals surface area contributed by atoms with Gasteiger partial charge in [0.15, 0.2) is 0 Å². The Morgan fingerprint density at radius 1 is 1.12 bits per heavy atom. The fraction of sp³-hybridized carbons (Fsp3) is 0.714. The Bertz CT molecular complexity index is 468. The van der Waals surface area contributed by atoms with Crippen molar-refractivity contribution in [2.24, 2.45) is 0 Å². The lowest BCUT2D eigenvalue weighted by Gasteiger charge is -2.31. The highest BCUT2D eigenvalue weighted by molar-refractivity contribution is 5.56. The van der Waals surface area contributed by atoms with Gasteiger partial charge >= 0.3 is 0 Å². The highest BCUT2D eigenvalue weighted by Crippen LogP contribution is 2.28. The van der Waals surface area contributed by atoms with Gasteiger partial charge in [0.25, 0.3) is 0 Å². The van der Waals surface area contributed by atoms with E-state index in [2.05, 4.69) is 54.1 Å². The van der Waals surface area contributed by atoms with E-state index in [0.29, 0.717) is 0 Å². The Morgan fingerprint density at radius 3 is 2.71 bits per heavy atom.